The van der Waals surface area contributed by atoms with E-state index in [1.807, 2.05) is 25.7 Å². The fraction of sp³-hybridized carbons (Fsp3) is 0.800. The molecule has 23 heavy (non-hydrogen) atoms. The molecule has 0 aromatic rings. The lowest BCUT2D eigenvalue weighted by molar-refractivity contribution is -0.130. The highest BCUT2D eigenvalue weighted by molar-refractivity contribution is 14.0. The van der Waals surface area contributed by atoms with Crippen LogP contribution >= 0.6 is 24.0 Å². The standard InChI is InChI=1S/C15H29N5O2.HI/c1-6-17-14(18-11-15(3,4)13(22)16-5)20-9-7-19(8-10-20)12(2)21;/h6-11H2,1-5H3,(H,16,22)(H,17,18);1H. The largest absolute Gasteiger partial charge is 0.359 e. The average molecular weight is 439 g/mol. The first kappa shape index (κ1) is 21.9. The molecule has 1 heterocycles. The van der Waals surface area contributed by atoms with Crippen molar-refractivity contribution in [2.24, 2.45) is 10.4 Å². The second-order valence-corrected chi connectivity index (χ2v) is 6.13. The van der Waals surface area contributed by atoms with Gasteiger partial charge in [-0.1, -0.05) is 0 Å². The van der Waals surface area contributed by atoms with Gasteiger partial charge in [0.15, 0.2) is 5.96 Å². The molecule has 8 heteroatoms. The van der Waals surface area contributed by atoms with Crippen LogP contribution in [0.5, 0.6) is 0 Å². The minimum atomic E-state index is -0.545. The predicted molar refractivity (Wildman–Crippen MR) is 103 cm³/mol. The Balaban J connectivity index is 0.00000484. The van der Waals surface area contributed by atoms with Crippen molar-refractivity contribution in [3.05, 3.63) is 0 Å². The molecule has 2 amide bonds. The van der Waals surface area contributed by atoms with E-state index in [2.05, 4.69) is 20.5 Å². The van der Waals surface area contributed by atoms with Crippen LogP contribution in [0.4, 0.5) is 0 Å². The van der Waals surface area contributed by atoms with Gasteiger partial charge in [-0.05, 0) is 20.8 Å². The van der Waals surface area contributed by atoms with Crippen LogP contribution in [0.15, 0.2) is 4.99 Å². The zero-order valence-electron chi connectivity index (χ0n) is 14.8. The van der Waals surface area contributed by atoms with Crippen LogP contribution in [0.2, 0.25) is 0 Å². The van der Waals surface area contributed by atoms with Crippen molar-refractivity contribution >= 4 is 41.8 Å². The van der Waals surface area contributed by atoms with Crippen LogP contribution < -0.4 is 10.6 Å². The van der Waals surface area contributed by atoms with E-state index in [9.17, 15) is 9.59 Å². The Bertz CT molecular complexity index is 432. The summed E-state index contributed by atoms with van der Waals surface area (Å²) in [6.07, 6.45) is 0. The molecule has 0 spiro atoms. The highest BCUT2D eigenvalue weighted by Crippen LogP contribution is 2.15. The maximum atomic E-state index is 11.8. The number of rotatable bonds is 4. The molecule has 0 saturated carbocycles. The summed E-state index contributed by atoms with van der Waals surface area (Å²) in [5.41, 5.74) is -0.545. The third kappa shape index (κ3) is 6.52. The first-order valence-electron chi connectivity index (χ1n) is 7.82. The molecule has 134 valence electrons. The third-order valence-electron chi connectivity index (χ3n) is 3.83. The average Bonchev–Trinajstić information content (AvgIpc) is 2.50. The molecule has 7 nitrogen and oxygen atoms in total. The fourth-order valence-corrected chi connectivity index (χ4v) is 2.34. The number of hydrogen-bond acceptors (Lipinski definition) is 3. The van der Waals surface area contributed by atoms with E-state index in [0.29, 0.717) is 19.6 Å². The second-order valence-electron chi connectivity index (χ2n) is 6.13. The molecule has 0 aromatic carbocycles. The monoisotopic (exact) mass is 439 g/mol. The molecule has 0 atom stereocenters. The lowest BCUT2D eigenvalue weighted by atomic mass is 9.93. The van der Waals surface area contributed by atoms with Crippen molar-refractivity contribution in [2.45, 2.75) is 27.7 Å². The quantitative estimate of drug-likeness (QED) is 0.380. The van der Waals surface area contributed by atoms with Gasteiger partial charge < -0.3 is 20.4 Å². The molecule has 0 radical (unpaired) electrons. The van der Waals surface area contributed by atoms with E-state index in [4.69, 9.17) is 0 Å². The molecule has 0 aromatic heterocycles. The highest BCUT2D eigenvalue weighted by atomic mass is 127. The molecule has 0 bridgehead atoms. The van der Waals surface area contributed by atoms with Crippen molar-refractivity contribution in [1.82, 2.24) is 20.4 Å². The summed E-state index contributed by atoms with van der Waals surface area (Å²) >= 11 is 0. The summed E-state index contributed by atoms with van der Waals surface area (Å²) in [6.45, 7) is 11.5. The van der Waals surface area contributed by atoms with E-state index in [1.54, 1.807) is 14.0 Å². The van der Waals surface area contributed by atoms with Crippen LogP contribution in [-0.4, -0.2) is 73.9 Å². The number of carbonyl (C=O) groups is 2. The van der Waals surface area contributed by atoms with E-state index in [-0.39, 0.29) is 35.8 Å². The molecule has 1 fully saturated rings. The lowest BCUT2D eigenvalue weighted by Gasteiger charge is -2.36. The van der Waals surface area contributed by atoms with E-state index >= 15 is 0 Å². The molecule has 1 saturated heterocycles. The van der Waals surface area contributed by atoms with Gasteiger partial charge in [0, 0.05) is 46.7 Å². The molecular formula is C15H30IN5O2. The van der Waals surface area contributed by atoms with Gasteiger partial charge in [-0.25, -0.2) is 0 Å². The van der Waals surface area contributed by atoms with Gasteiger partial charge in [-0.15, -0.1) is 24.0 Å². The number of halogens is 1. The Hall–Kier alpha value is -1.06. The normalized spacial score (nSPS) is 15.8. The molecule has 1 rings (SSSR count). The summed E-state index contributed by atoms with van der Waals surface area (Å²) in [7, 11) is 1.64. The fourth-order valence-electron chi connectivity index (χ4n) is 2.34. The van der Waals surface area contributed by atoms with Gasteiger partial charge in [0.05, 0.1) is 12.0 Å². The van der Waals surface area contributed by atoms with Gasteiger partial charge in [0.25, 0.3) is 0 Å². The zero-order valence-corrected chi connectivity index (χ0v) is 17.1. The second kappa shape index (κ2) is 9.94. The van der Waals surface area contributed by atoms with Gasteiger partial charge in [0.2, 0.25) is 11.8 Å². The maximum absolute atomic E-state index is 11.8. The summed E-state index contributed by atoms with van der Waals surface area (Å²) in [5.74, 6) is 0.901. The van der Waals surface area contributed by atoms with Crippen LogP contribution in [0, 0.1) is 5.41 Å². The Morgan fingerprint density at radius 1 is 1.13 bits per heavy atom. The molecular weight excluding hydrogens is 409 g/mol. The minimum absolute atomic E-state index is 0. The number of carbonyl (C=O) groups excluding carboxylic acids is 2. The SMILES string of the molecule is CCNC(=NCC(C)(C)C(=O)NC)N1CCN(C(C)=O)CC1.I. The number of piperazine rings is 1. The van der Waals surface area contributed by atoms with Crippen LogP contribution in [-0.2, 0) is 9.59 Å². The van der Waals surface area contributed by atoms with Gasteiger partial charge >= 0.3 is 0 Å². The van der Waals surface area contributed by atoms with Crippen LogP contribution in [0.1, 0.15) is 27.7 Å². The third-order valence-corrected chi connectivity index (χ3v) is 3.83. The number of nitrogens with zero attached hydrogens (tertiary/aromatic N) is 3. The lowest BCUT2D eigenvalue weighted by Crippen LogP contribution is -2.53. The number of aliphatic imine (C=N–C) groups is 1. The number of nitrogens with one attached hydrogen (secondary N) is 2. The molecule has 1 aliphatic heterocycles. The highest BCUT2D eigenvalue weighted by Gasteiger charge is 2.27. The molecule has 2 N–H and O–H groups in total. The Labute approximate surface area is 156 Å². The first-order valence-corrected chi connectivity index (χ1v) is 7.82. The first-order chi connectivity index (χ1) is 10.3. The van der Waals surface area contributed by atoms with E-state index in [0.717, 1.165) is 25.6 Å². The Morgan fingerprint density at radius 2 is 1.65 bits per heavy atom. The van der Waals surface area contributed by atoms with Crippen molar-refractivity contribution in [2.75, 3.05) is 46.3 Å². The summed E-state index contributed by atoms with van der Waals surface area (Å²) < 4.78 is 0. The predicted octanol–water partition coefficient (Wildman–Crippen LogP) is 0.506. The molecule has 0 aliphatic carbocycles. The number of guanidine groups is 1. The number of amides is 2. The smallest absolute Gasteiger partial charge is 0.227 e. The van der Waals surface area contributed by atoms with Crippen LogP contribution in [0.25, 0.3) is 0 Å². The van der Waals surface area contributed by atoms with Crippen molar-refractivity contribution < 1.29 is 9.59 Å². The molecule has 0 unspecified atom stereocenters. The van der Waals surface area contributed by atoms with Crippen molar-refractivity contribution in [1.29, 1.82) is 0 Å². The number of hydrogen-bond donors (Lipinski definition) is 2. The van der Waals surface area contributed by atoms with E-state index < -0.39 is 5.41 Å². The van der Waals surface area contributed by atoms with Crippen molar-refractivity contribution in [3.63, 3.8) is 0 Å². The molecule has 1 aliphatic rings. The maximum Gasteiger partial charge on any atom is 0.227 e. The minimum Gasteiger partial charge on any atom is -0.359 e. The topological polar surface area (TPSA) is 77.0 Å². The van der Waals surface area contributed by atoms with E-state index in [1.165, 1.54) is 0 Å². The Kier molecular flexibility index (Phi) is 9.48. The summed E-state index contributed by atoms with van der Waals surface area (Å²) in [5, 5.41) is 5.94. The van der Waals surface area contributed by atoms with Gasteiger partial charge in [0.1, 0.15) is 0 Å². The van der Waals surface area contributed by atoms with Crippen molar-refractivity contribution in [3.8, 4) is 0 Å². The summed E-state index contributed by atoms with van der Waals surface area (Å²) in [4.78, 5) is 31.8. The summed E-state index contributed by atoms with van der Waals surface area (Å²) in [6, 6.07) is 0. The zero-order chi connectivity index (χ0) is 16.8. The van der Waals surface area contributed by atoms with Gasteiger partial charge in [-0.2, -0.15) is 0 Å². The Morgan fingerprint density at radius 3 is 2.09 bits per heavy atom. The van der Waals surface area contributed by atoms with Gasteiger partial charge in [-0.3, -0.25) is 14.6 Å². The van der Waals surface area contributed by atoms with Crippen LogP contribution in [0.3, 0.4) is 0 Å².